The molecule has 5 aromatic rings. The first-order chi connectivity index (χ1) is 19.3. The van der Waals surface area contributed by atoms with Crippen LogP contribution in [0.4, 0.5) is 10.5 Å². The second-order valence-corrected chi connectivity index (χ2v) is 10.4. The molecule has 9 nitrogen and oxygen atoms in total. The molecule has 6 rings (SSSR count). The molecule has 2 heterocycles. The molecular weight excluding hydrogens is 532 g/mol. The number of aliphatic carboxylic acids is 1. The van der Waals surface area contributed by atoms with Gasteiger partial charge in [-0.3, -0.25) is 15.2 Å². The maximum Gasteiger partial charge on any atom is 0.412 e. The zero-order chi connectivity index (χ0) is 28.0. The lowest BCUT2D eigenvalue weighted by Crippen LogP contribution is -2.19. The molecule has 2 aromatic heterocycles. The zero-order valence-corrected chi connectivity index (χ0v) is 22.5. The number of anilines is 1. The van der Waals surface area contributed by atoms with Crippen molar-refractivity contribution < 1.29 is 24.0 Å². The summed E-state index contributed by atoms with van der Waals surface area (Å²) in [4.78, 5) is 24.5. The van der Waals surface area contributed by atoms with Crippen LogP contribution in [0.5, 0.6) is 0 Å². The molecule has 0 bridgehead atoms. The van der Waals surface area contributed by atoms with Crippen molar-refractivity contribution >= 4 is 40.3 Å². The molecule has 3 N–H and O–H groups in total. The van der Waals surface area contributed by atoms with Crippen molar-refractivity contribution in [1.82, 2.24) is 15.4 Å². The number of rotatable bonds is 7. The van der Waals surface area contributed by atoms with Crippen molar-refractivity contribution in [2.45, 2.75) is 38.2 Å². The number of halogens is 1. The Bertz CT molecular complexity index is 1750. The minimum atomic E-state index is -0.782. The van der Waals surface area contributed by atoms with E-state index in [4.69, 9.17) is 20.9 Å². The summed E-state index contributed by atoms with van der Waals surface area (Å²) in [5, 5.41) is 25.1. The molecule has 0 spiro atoms. The average Bonchev–Trinajstić information content (AvgIpc) is 3.49. The molecule has 202 valence electrons. The van der Waals surface area contributed by atoms with Crippen LogP contribution < -0.4 is 5.32 Å². The minimum absolute atomic E-state index is 0.355. The number of H-pyrrole nitrogens is 1. The number of carboxylic acid groups (broad SMARTS) is 1. The summed E-state index contributed by atoms with van der Waals surface area (Å²) in [7, 11) is 0. The minimum Gasteiger partial charge on any atom is -0.481 e. The average molecular weight is 557 g/mol. The van der Waals surface area contributed by atoms with Gasteiger partial charge in [0.2, 0.25) is 0 Å². The maximum atomic E-state index is 12.8. The Morgan fingerprint density at radius 2 is 1.82 bits per heavy atom. The van der Waals surface area contributed by atoms with Gasteiger partial charge in [0.1, 0.15) is 17.5 Å². The largest absolute Gasteiger partial charge is 0.481 e. The number of carbonyl (C=O) groups excluding carboxylic acids is 1. The van der Waals surface area contributed by atoms with Crippen molar-refractivity contribution in [2.24, 2.45) is 0 Å². The van der Waals surface area contributed by atoms with Gasteiger partial charge in [-0.15, -0.1) is 0 Å². The van der Waals surface area contributed by atoms with Crippen molar-refractivity contribution in [2.75, 3.05) is 5.32 Å². The Balaban J connectivity index is 1.28. The molecule has 10 heteroatoms. The first kappa shape index (κ1) is 25.6. The lowest BCUT2D eigenvalue weighted by molar-refractivity contribution is -0.140. The van der Waals surface area contributed by atoms with Gasteiger partial charge in [-0.25, -0.2) is 4.79 Å². The molecule has 40 heavy (non-hydrogen) atoms. The second-order valence-electron chi connectivity index (χ2n) is 9.95. The number of carboxylic acids is 1. The quantitative estimate of drug-likeness (QED) is 0.192. The Morgan fingerprint density at radius 3 is 2.52 bits per heavy atom. The van der Waals surface area contributed by atoms with Crippen molar-refractivity contribution in [3.8, 4) is 22.5 Å². The predicted molar refractivity (Wildman–Crippen MR) is 150 cm³/mol. The molecule has 1 fully saturated rings. The fourth-order valence-corrected chi connectivity index (χ4v) is 5.35. The number of nitrogens with one attached hydrogen (secondary N) is 2. The van der Waals surface area contributed by atoms with Gasteiger partial charge < -0.3 is 14.4 Å². The van der Waals surface area contributed by atoms with Gasteiger partial charge in [-0.2, -0.15) is 5.10 Å². The molecule has 0 saturated heterocycles. The maximum absolute atomic E-state index is 12.8. The third-order valence-electron chi connectivity index (χ3n) is 7.48. The lowest BCUT2D eigenvalue weighted by Gasteiger charge is -2.15. The van der Waals surface area contributed by atoms with Crippen LogP contribution in [0.2, 0.25) is 5.02 Å². The molecule has 1 atom stereocenters. The van der Waals surface area contributed by atoms with E-state index < -0.39 is 23.6 Å². The van der Waals surface area contributed by atoms with Gasteiger partial charge in [0, 0.05) is 21.5 Å². The highest BCUT2D eigenvalue weighted by atomic mass is 35.5. The van der Waals surface area contributed by atoms with E-state index in [1.54, 1.807) is 32.2 Å². The Kier molecular flexibility index (Phi) is 6.31. The molecule has 1 aliphatic carbocycles. The summed E-state index contributed by atoms with van der Waals surface area (Å²) in [6.45, 7) is 3.47. The number of aromatic nitrogens is 3. The van der Waals surface area contributed by atoms with Crippen LogP contribution in [0.1, 0.15) is 42.7 Å². The number of aromatic amines is 1. The van der Waals surface area contributed by atoms with Gasteiger partial charge >= 0.3 is 12.1 Å². The van der Waals surface area contributed by atoms with Gasteiger partial charge in [-0.05, 0) is 55.5 Å². The predicted octanol–water partition coefficient (Wildman–Crippen LogP) is 7.27. The third-order valence-corrected chi connectivity index (χ3v) is 7.83. The van der Waals surface area contributed by atoms with Crippen molar-refractivity contribution in [3.05, 3.63) is 88.7 Å². The summed E-state index contributed by atoms with van der Waals surface area (Å²) >= 11 is 6.25. The molecule has 1 amide bonds. The number of benzene rings is 3. The summed E-state index contributed by atoms with van der Waals surface area (Å²) in [6.07, 6.45) is 1.78. The van der Waals surface area contributed by atoms with E-state index in [2.05, 4.69) is 20.7 Å². The smallest absolute Gasteiger partial charge is 0.412 e. The Morgan fingerprint density at radius 1 is 1.10 bits per heavy atom. The van der Waals surface area contributed by atoms with Crippen molar-refractivity contribution in [1.29, 1.82) is 0 Å². The van der Waals surface area contributed by atoms with E-state index >= 15 is 0 Å². The molecule has 3 aromatic carbocycles. The highest BCUT2D eigenvalue weighted by molar-refractivity contribution is 6.31. The fourth-order valence-electron chi connectivity index (χ4n) is 5.06. The molecular formula is C30H25ClN4O5. The highest BCUT2D eigenvalue weighted by Gasteiger charge is 2.51. The standard InChI is InChI=1S/C30H25ClN4O5/c1-16-25(33-29(38)39-17(2)20-5-3-4-6-24(20)31)27(40-35-16)22-12-11-21(23-15-32-34-26(22)23)18-7-9-19(10-8-18)30(13-14-30)28(36)37/h3-12,15,17H,13-14H2,1-2H3,(H,32,34)(H,33,38)(H,36,37). The summed E-state index contributed by atoms with van der Waals surface area (Å²) < 4.78 is 11.2. The van der Waals surface area contributed by atoms with Crippen LogP contribution in [0.25, 0.3) is 33.4 Å². The summed E-state index contributed by atoms with van der Waals surface area (Å²) in [6, 6.07) is 18.6. The summed E-state index contributed by atoms with van der Waals surface area (Å²) in [5.74, 6) is -0.427. The SMILES string of the molecule is Cc1noc(-c2ccc(-c3ccc(C4(C(=O)O)CC4)cc3)c3cn[nH]c23)c1NC(=O)OC(C)c1ccccc1Cl. The van der Waals surface area contributed by atoms with E-state index in [-0.39, 0.29) is 0 Å². The van der Waals surface area contributed by atoms with Crippen LogP contribution in [0.3, 0.4) is 0 Å². The monoisotopic (exact) mass is 556 g/mol. The number of hydrogen-bond acceptors (Lipinski definition) is 6. The first-order valence-electron chi connectivity index (χ1n) is 12.8. The van der Waals surface area contributed by atoms with Crippen LogP contribution in [-0.2, 0) is 14.9 Å². The molecule has 1 saturated carbocycles. The van der Waals surface area contributed by atoms with E-state index in [0.29, 0.717) is 51.6 Å². The van der Waals surface area contributed by atoms with Crippen LogP contribution in [0.15, 0.2) is 71.4 Å². The lowest BCUT2D eigenvalue weighted by atomic mass is 9.92. The van der Waals surface area contributed by atoms with E-state index in [9.17, 15) is 14.7 Å². The fraction of sp³-hybridized carbons (Fsp3) is 0.200. The number of fused-ring (bicyclic) bond motifs is 1. The molecule has 1 unspecified atom stereocenters. The van der Waals surface area contributed by atoms with E-state index in [1.807, 2.05) is 48.5 Å². The van der Waals surface area contributed by atoms with Crippen molar-refractivity contribution in [3.63, 3.8) is 0 Å². The van der Waals surface area contributed by atoms with E-state index in [0.717, 1.165) is 22.1 Å². The van der Waals surface area contributed by atoms with Crippen LogP contribution in [0, 0.1) is 6.92 Å². The third kappa shape index (κ3) is 4.38. The summed E-state index contributed by atoms with van der Waals surface area (Å²) in [5.41, 5.74) is 4.81. The number of aryl methyl sites for hydroxylation is 1. The number of nitrogens with zero attached hydrogens (tertiary/aromatic N) is 2. The van der Waals surface area contributed by atoms with E-state index in [1.165, 1.54) is 0 Å². The first-order valence-corrected chi connectivity index (χ1v) is 13.2. The molecule has 0 radical (unpaired) electrons. The number of amides is 1. The van der Waals surface area contributed by atoms with Gasteiger partial charge in [-0.1, -0.05) is 65.3 Å². The number of ether oxygens (including phenoxy) is 1. The topological polar surface area (TPSA) is 130 Å². The number of carbonyl (C=O) groups is 2. The highest BCUT2D eigenvalue weighted by Crippen LogP contribution is 2.49. The van der Waals surface area contributed by atoms with Gasteiger partial charge in [0.25, 0.3) is 0 Å². The Labute approximate surface area is 234 Å². The number of hydrogen-bond donors (Lipinski definition) is 3. The van der Waals surface area contributed by atoms with Crippen LogP contribution in [-0.4, -0.2) is 32.5 Å². The Hall–Kier alpha value is -4.63. The van der Waals surface area contributed by atoms with Gasteiger partial charge in [0.05, 0.1) is 17.1 Å². The van der Waals surface area contributed by atoms with Crippen LogP contribution >= 0.6 is 11.6 Å². The normalized spacial score (nSPS) is 14.6. The second kappa shape index (κ2) is 9.84. The van der Waals surface area contributed by atoms with Gasteiger partial charge in [0.15, 0.2) is 5.76 Å². The zero-order valence-electron chi connectivity index (χ0n) is 21.7. The molecule has 1 aliphatic rings. The molecule has 0 aliphatic heterocycles.